The third kappa shape index (κ3) is 19.9. The summed E-state index contributed by atoms with van der Waals surface area (Å²) < 4.78 is 4.88. The van der Waals surface area contributed by atoms with E-state index in [2.05, 4.69) is 6.92 Å². The van der Waals surface area contributed by atoms with Crippen LogP contribution in [0.5, 0.6) is 0 Å². The third-order valence-electron chi connectivity index (χ3n) is 3.10. The normalized spacial score (nSPS) is 10.3. The Bertz CT molecular complexity index is 290. The summed E-state index contributed by atoms with van der Waals surface area (Å²) in [7, 11) is 0. The van der Waals surface area contributed by atoms with Gasteiger partial charge in [0.2, 0.25) is 0 Å². The van der Waals surface area contributed by atoms with Crippen LogP contribution in [0.1, 0.15) is 71.1 Å². The predicted molar refractivity (Wildman–Crippen MR) is 88.1 cm³/mol. The molecule has 21 heavy (non-hydrogen) atoms. The molecule has 0 radical (unpaired) electrons. The molecule has 0 aliphatic rings. The molecule has 0 bridgehead atoms. The standard InChI is InChI=1S/C16H28O4.Ca.2H/c1-2-3-4-5-6-7-8-9-10-11-14-20-16(19)13-12-15(17)18;;;/h12-13H,2-11,14H2,1H3,(H,17,18);;;. The van der Waals surface area contributed by atoms with Crippen LogP contribution in [0.15, 0.2) is 12.2 Å². The van der Waals surface area contributed by atoms with E-state index in [1.54, 1.807) is 0 Å². The number of esters is 1. The molecule has 5 heteroatoms. The number of carbonyl (C=O) groups excluding carboxylic acids is 1. The van der Waals surface area contributed by atoms with Crippen molar-refractivity contribution in [2.75, 3.05) is 6.61 Å². The van der Waals surface area contributed by atoms with Crippen LogP contribution >= 0.6 is 0 Å². The second kappa shape index (κ2) is 18.0. The fourth-order valence-corrected chi connectivity index (χ4v) is 1.95. The first-order valence-corrected chi connectivity index (χ1v) is 7.74. The van der Waals surface area contributed by atoms with Crippen molar-refractivity contribution in [3.05, 3.63) is 12.2 Å². The Kier molecular flexibility index (Phi) is 19.9. The van der Waals surface area contributed by atoms with Crippen molar-refractivity contribution in [2.45, 2.75) is 71.1 Å². The molecule has 0 atom stereocenters. The van der Waals surface area contributed by atoms with Gasteiger partial charge in [-0.15, -0.1) is 0 Å². The first-order valence-electron chi connectivity index (χ1n) is 7.74. The number of carbonyl (C=O) groups is 2. The molecule has 0 fully saturated rings. The second-order valence-electron chi connectivity index (χ2n) is 5.02. The van der Waals surface area contributed by atoms with E-state index in [0.29, 0.717) is 6.61 Å². The maximum atomic E-state index is 11.0. The van der Waals surface area contributed by atoms with Crippen molar-refractivity contribution in [1.82, 2.24) is 0 Å². The van der Waals surface area contributed by atoms with Crippen LogP contribution in [-0.2, 0) is 14.3 Å². The molecule has 0 spiro atoms. The van der Waals surface area contributed by atoms with Gasteiger partial charge in [0.05, 0.1) is 6.61 Å². The van der Waals surface area contributed by atoms with Gasteiger partial charge < -0.3 is 9.84 Å². The van der Waals surface area contributed by atoms with Crippen molar-refractivity contribution in [2.24, 2.45) is 0 Å². The molecule has 0 saturated carbocycles. The molecule has 4 nitrogen and oxygen atoms in total. The summed E-state index contributed by atoms with van der Waals surface area (Å²) in [5, 5.41) is 8.33. The quantitative estimate of drug-likeness (QED) is 0.244. The van der Waals surface area contributed by atoms with Crippen molar-refractivity contribution in [3.8, 4) is 0 Å². The summed E-state index contributed by atoms with van der Waals surface area (Å²) in [4.78, 5) is 21.2. The van der Waals surface area contributed by atoms with Crippen LogP contribution in [0.3, 0.4) is 0 Å². The van der Waals surface area contributed by atoms with Crippen LogP contribution in [0, 0.1) is 0 Å². The van der Waals surface area contributed by atoms with Gasteiger partial charge in [0, 0.05) is 12.2 Å². The summed E-state index contributed by atoms with van der Waals surface area (Å²) in [6.07, 6.45) is 14.0. The minimum absolute atomic E-state index is 0. The molecule has 0 aromatic heterocycles. The minimum atomic E-state index is -1.14. The molecule has 120 valence electrons. The molecule has 0 heterocycles. The predicted octanol–water partition coefficient (Wildman–Crippen LogP) is 3.18. The first kappa shape index (κ1) is 23.2. The average Bonchev–Trinajstić information content (AvgIpc) is 2.42. The number of rotatable bonds is 13. The topological polar surface area (TPSA) is 63.6 Å². The summed E-state index contributed by atoms with van der Waals surface area (Å²) >= 11 is 0. The Hall–Kier alpha value is -0.0603. The first-order chi connectivity index (χ1) is 9.66. The van der Waals surface area contributed by atoms with Crippen LogP contribution in [0.2, 0.25) is 0 Å². The van der Waals surface area contributed by atoms with Crippen molar-refractivity contribution >= 4 is 49.7 Å². The average molecular weight is 326 g/mol. The molecule has 0 saturated heterocycles. The van der Waals surface area contributed by atoms with E-state index in [4.69, 9.17) is 9.84 Å². The van der Waals surface area contributed by atoms with Gasteiger partial charge in [-0.05, 0) is 6.42 Å². The van der Waals surface area contributed by atoms with E-state index in [1.807, 2.05) is 0 Å². The zero-order valence-electron chi connectivity index (χ0n) is 12.6. The van der Waals surface area contributed by atoms with Crippen LogP contribution in [0.4, 0.5) is 0 Å². The van der Waals surface area contributed by atoms with Gasteiger partial charge in [-0.1, -0.05) is 64.7 Å². The van der Waals surface area contributed by atoms with Gasteiger partial charge in [-0.2, -0.15) is 0 Å². The van der Waals surface area contributed by atoms with Gasteiger partial charge in [0.15, 0.2) is 0 Å². The fraction of sp³-hybridized carbons (Fsp3) is 0.750. The van der Waals surface area contributed by atoms with Crippen LogP contribution in [0.25, 0.3) is 0 Å². The molecular formula is C16H30CaO4. The molecule has 0 rings (SSSR count). The Morgan fingerprint density at radius 3 is 1.81 bits per heavy atom. The summed E-state index contributed by atoms with van der Waals surface area (Å²) in [5.41, 5.74) is 0. The number of hydrogen-bond donors (Lipinski definition) is 1. The Morgan fingerprint density at radius 1 is 0.857 bits per heavy atom. The maximum absolute atomic E-state index is 11.0. The monoisotopic (exact) mass is 326 g/mol. The number of hydrogen-bond acceptors (Lipinski definition) is 3. The van der Waals surface area contributed by atoms with E-state index in [-0.39, 0.29) is 37.7 Å². The zero-order valence-corrected chi connectivity index (χ0v) is 12.6. The Labute approximate surface area is 158 Å². The van der Waals surface area contributed by atoms with Crippen molar-refractivity contribution in [3.63, 3.8) is 0 Å². The summed E-state index contributed by atoms with van der Waals surface area (Å²) in [6.45, 7) is 2.60. The van der Waals surface area contributed by atoms with E-state index in [1.165, 1.54) is 51.4 Å². The number of carboxylic acid groups (broad SMARTS) is 1. The number of unbranched alkanes of at least 4 members (excludes halogenated alkanes) is 9. The molecular weight excluding hydrogens is 296 g/mol. The van der Waals surface area contributed by atoms with Crippen molar-refractivity contribution in [1.29, 1.82) is 0 Å². The molecule has 1 N–H and O–H groups in total. The van der Waals surface area contributed by atoms with E-state index < -0.39 is 11.9 Å². The summed E-state index contributed by atoms with van der Waals surface area (Å²) in [5.74, 6) is -1.72. The van der Waals surface area contributed by atoms with E-state index in [9.17, 15) is 9.59 Å². The Morgan fingerprint density at radius 2 is 1.33 bits per heavy atom. The Balaban J connectivity index is 0. The number of carboxylic acids is 1. The molecule has 0 unspecified atom stereocenters. The van der Waals surface area contributed by atoms with Crippen LogP contribution < -0.4 is 0 Å². The van der Waals surface area contributed by atoms with E-state index >= 15 is 0 Å². The molecule has 0 aliphatic heterocycles. The van der Waals surface area contributed by atoms with Gasteiger partial charge in [-0.25, -0.2) is 9.59 Å². The third-order valence-corrected chi connectivity index (χ3v) is 3.10. The van der Waals surface area contributed by atoms with Gasteiger partial charge >= 0.3 is 49.7 Å². The fourth-order valence-electron chi connectivity index (χ4n) is 1.95. The summed E-state index contributed by atoms with van der Waals surface area (Å²) in [6, 6.07) is 0. The SMILES string of the molecule is CCCCCCCCCCCCOC(=O)C=CC(=O)O.[CaH2]. The van der Waals surface area contributed by atoms with E-state index in [0.717, 1.165) is 25.0 Å². The molecule has 0 aliphatic carbocycles. The molecule has 0 aromatic carbocycles. The molecule has 0 aromatic rings. The number of aliphatic carboxylic acids is 1. The second-order valence-corrected chi connectivity index (χ2v) is 5.02. The van der Waals surface area contributed by atoms with Crippen molar-refractivity contribution < 1.29 is 19.4 Å². The van der Waals surface area contributed by atoms with Gasteiger partial charge in [0.25, 0.3) is 0 Å². The van der Waals surface area contributed by atoms with Gasteiger partial charge in [-0.3, -0.25) is 0 Å². The number of ether oxygens (including phenoxy) is 1. The molecule has 0 amide bonds. The van der Waals surface area contributed by atoms with Gasteiger partial charge in [0.1, 0.15) is 0 Å². The van der Waals surface area contributed by atoms with Crippen LogP contribution in [-0.4, -0.2) is 61.4 Å². The zero-order chi connectivity index (χ0) is 15.1.